The number of hydrogen-bond donors (Lipinski definition) is 2. The number of halogens is 1. The third-order valence-corrected chi connectivity index (χ3v) is 2.88. The van der Waals surface area contributed by atoms with Crippen molar-refractivity contribution in [2.24, 2.45) is 5.73 Å². The van der Waals surface area contributed by atoms with Gasteiger partial charge in [-0.3, -0.25) is 9.69 Å². The number of para-hydroxylation sites is 1. The van der Waals surface area contributed by atoms with Gasteiger partial charge in [-0.1, -0.05) is 12.1 Å². The molecule has 0 aromatic heterocycles. The molecule has 4 nitrogen and oxygen atoms in total. The molecule has 1 aromatic rings. The van der Waals surface area contributed by atoms with Gasteiger partial charge < -0.3 is 11.1 Å². The van der Waals surface area contributed by atoms with Crippen molar-refractivity contribution in [1.29, 1.82) is 0 Å². The molecule has 1 unspecified atom stereocenters. The van der Waals surface area contributed by atoms with Crippen molar-refractivity contribution in [3.8, 4) is 0 Å². The Morgan fingerprint density at radius 3 is 2.78 bits per heavy atom. The highest BCUT2D eigenvalue weighted by Gasteiger charge is 2.13. The van der Waals surface area contributed by atoms with Crippen LogP contribution in [-0.2, 0) is 4.79 Å². The van der Waals surface area contributed by atoms with Crippen LogP contribution in [0.4, 0.5) is 10.1 Å². The molecule has 0 saturated carbocycles. The second-order valence-electron chi connectivity index (χ2n) is 4.37. The number of rotatable bonds is 6. The molecule has 18 heavy (non-hydrogen) atoms. The first-order chi connectivity index (χ1) is 8.54. The Kier molecular flexibility index (Phi) is 5.74. The van der Waals surface area contributed by atoms with Crippen LogP contribution < -0.4 is 11.1 Å². The number of hydrogen-bond acceptors (Lipinski definition) is 3. The van der Waals surface area contributed by atoms with Crippen molar-refractivity contribution in [3.05, 3.63) is 30.1 Å². The van der Waals surface area contributed by atoms with Crippen LogP contribution in [0, 0.1) is 5.82 Å². The van der Waals surface area contributed by atoms with E-state index in [9.17, 15) is 9.18 Å². The molecule has 5 heteroatoms. The molecule has 0 radical (unpaired) electrons. The molecule has 3 N–H and O–H groups in total. The SMILES string of the molecule is CC(CCN)N(C)CC(=O)Nc1ccccc1F. The van der Waals surface area contributed by atoms with Gasteiger partial charge in [-0.25, -0.2) is 4.39 Å². The molecule has 1 amide bonds. The van der Waals surface area contributed by atoms with Crippen LogP contribution in [0.25, 0.3) is 0 Å². The van der Waals surface area contributed by atoms with E-state index in [0.29, 0.717) is 6.54 Å². The fourth-order valence-corrected chi connectivity index (χ4v) is 1.60. The molecule has 0 aliphatic heterocycles. The zero-order valence-corrected chi connectivity index (χ0v) is 10.8. The minimum absolute atomic E-state index is 0.211. The maximum atomic E-state index is 13.3. The van der Waals surface area contributed by atoms with Crippen LogP contribution in [0.1, 0.15) is 13.3 Å². The molecule has 0 fully saturated rings. The Balaban J connectivity index is 2.49. The molecule has 0 aliphatic rings. The Morgan fingerprint density at radius 2 is 2.17 bits per heavy atom. The quantitative estimate of drug-likeness (QED) is 0.806. The normalized spacial score (nSPS) is 12.5. The molecule has 0 bridgehead atoms. The van der Waals surface area contributed by atoms with E-state index in [-0.39, 0.29) is 24.2 Å². The smallest absolute Gasteiger partial charge is 0.238 e. The van der Waals surface area contributed by atoms with E-state index >= 15 is 0 Å². The standard InChI is InChI=1S/C13H20FN3O/c1-10(7-8-15)17(2)9-13(18)16-12-6-4-3-5-11(12)14/h3-6,10H,7-9,15H2,1-2H3,(H,16,18). The maximum absolute atomic E-state index is 13.3. The summed E-state index contributed by atoms with van der Waals surface area (Å²) < 4.78 is 13.3. The predicted octanol–water partition coefficient (Wildman–Crippen LogP) is 1.43. The van der Waals surface area contributed by atoms with E-state index in [2.05, 4.69) is 5.32 Å². The summed E-state index contributed by atoms with van der Waals surface area (Å²) in [5, 5.41) is 2.55. The Hall–Kier alpha value is -1.46. The number of benzene rings is 1. The summed E-state index contributed by atoms with van der Waals surface area (Å²) in [4.78, 5) is 13.6. The number of anilines is 1. The fourth-order valence-electron chi connectivity index (χ4n) is 1.60. The zero-order valence-electron chi connectivity index (χ0n) is 10.8. The molecule has 1 aromatic carbocycles. The minimum atomic E-state index is -0.427. The van der Waals surface area contributed by atoms with E-state index in [1.807, 2.05) is 18.9 Å². The van der Waals surface area contributed by atoms with Gasteiger partial charge in [0.05, 0.1) is 12.2 Å². The van der Waals surface area contributed by atoms with Crippen molar-refractivity contribution < 1.29 is 9.18 Å². The van der Waals surface area contributed by atoms with Gasteiger partial charge in [-0.2, -0.15) is 0 Å². The van der Waals surface area contributed by atoms with Crippen molar-refractivity contribution >= 4 is 11.6 Å². The second kappa shape index (κ2) is 7.08. The second-order valence-corrected chi connectivity index (χ2v) is 4.37. The Bertz CT molecular complexity index is 398. The summed E-state index contributed by atoms with van der Waals surface area (Å²) in [6.45, 7) is 2.80. The van der Waals surface area contributed by atoms with Crippen LogP contribution in [-0.4, -0.2) is 37.0 Å². The molecular formula is C13H20FN3O. The average Bonchev–Trinajstić information content (AvgIpc) is 2.32. The van der Waals surface area contributed by atoms with Crippen molar-refractivity contribution in [1.82, 2.24) is 4.90 Å². The van der Waals surface area contributed by atoms with E-state index in [1.165, 1.54) is 12.1 Å². The first kappa shape index (κ1) is 14.6. The van der Waals surface area contributed by atoms with Crippen LogP contribution in [0.5, 0.6) is 0 Å². The summed E-state index contributed by atoms with van der Waals surface area (Å²) in [5.41, 5.74) is 5.68. The molecule has 100 valence electrons. The monoisotopic (exact) mass is 253 g/mol. The third-order valence-electron chi connectivity index (χ3n) is 2.88. The van der Waals surface area contributed by atoms with Crippen LogP contribution in [0.15, 0.2) is 24.3 Å². The molecular weight excluding hydrogens is 233 g/mol. The number of nitrogens with zero attached hydrogens (tertiary/aromatic N) is 1. The van der Waals surface area contributed by atoms with E-state index in [4.69, 9.17) is 5.73 Å². The summed E-state index contributed by atoms with van der Waals surface area (Å²) in [6.07, 6.45) is 0.823. The van der Waals surface area contributed by atoms with Gasteiger partial charge in [0, 0.05) is 6.04 Å². The number of likely N-dealkylation sites (N-methyl/N-ethyl adjacent to an activating group) is 1. The third kappa shape index (κ3) is 4.43. The predicted molar refractivity (Wildman–Crippen MR) is 70.8 cm³/mol. The summed E-state index contributed by atoms with van der Waals surface area (Å²) >= 11 is 0. The number of carbonyl (C=O) groups is 1. The summed E-state index contributed by atoms with van der Waals surface area (Å²) in [7, 11) is 1.85. The van der Waals surface area contributed by atoms with Gasteiger partial charge in [0.1, 0.15) is 5.82 Å². The lowest BCUT2D eigenvalue weighted by Crippen LogP contribution is -2.37. The first-order valence-corrected chi connectivity index (χ1v) is 5.99. The number of nitrogens with one attached hydrogen (secondary N) is 1. The lowest BCUT2D eigenvalue weighted by Gasteiger charge is -2.23. The summed E-state index contributed by atoms with van der Waals surface area (Å²) in [6, 6.07) is 6.34. The largest absolute Gasteiger partial charge is 0.330 e. The highest BCUT2D eigenvalue weighted by Crippen LogP contribution is 2.12. The van der Waals surface area contributed by atoms with Crippen molar-refractivity contribution in [3.63, 3.8) is 0 Å². The van der Waals surface area contributed by atoms with Gasteiger partial charge >= 0.3 is 0 Å². The molecule has 0 heterocycles. The zero-order chi connectivity index (χ0) is 13.5. The number of nitrogens with two attached hydrogens (primary N) is 1. The van der Waals surface area contributed by atoms with E-state index in [0.717, 1.165) is 6.42 Å². The van der Waals surface area contributed by atoms with Gasteiger partial charge in [0.25, 0.3) is 0 Å². The minimum Gasteiger partial charge on any atom is -0.330 e. The number of carbonyl (C=O) groups excluding carboxylic acids is 1. The van der Waals surface area contributed by atoms with Crippen molar-refractivity contribution in [2.45, 2.75) is 19.4 Å². The lowest BCUT2D eigenvalue weighted by atomic mass is 10.2. The van der Waals surface area contributed by atoms with Gasteiger partial charge in [-0.05, 0) is 39.1 Å². The first-order valence-electron chi connectivity index (χ1n) is 5.99. The number of amides is 1. The molecule has 1 atom stereocenters. The van der Waals surface area contributed by atoms with Crippen molar-refractivity contribution in [2.75, 3.05) is 25.5 Å². The Morgan fingerprint density at radius 1 is 1.50 bits per heavy atom. The molecule has 0 saturated heterocycles. The average molecular weight is 253 g/mol. The van der Waals surface area contributed by atoms with Crippen LogP contribution in [0.3, 0.4) is 0 Å². The maximum Gasteiger partial charge on any atom is 0.238 e. The van der Waals surface area contributed by atoms with Gasteiger partial charge in [-0.15, -0.1) is 0 Å². The fraction of sp³-hybridized carbons (Fsp3) is 0.462. The topological polar surface area (TPSA) is 58.4 Å². The highest BCUT2D eigenvalue weighted by atomic mass is 19.1. The van der Waals surface area contributed by atoms with Crippen LogP contribution >= 0.6 is 0 Å². The highest BCUT2D eigenvalue weighted by molar-refractivity contribution is 5.92. The molecule has 1 rings (SSSR count). The molecule has 0 spiro atoms. The van der Waals surface area contributed by atoms with Gasteiger partial charge in [0.15, 0.2) is 0 Å². The van der Waals surface area contributed by atoms with E-state index in [1.54, 1.807) is 12.1 Å². The Labute approximate surface area is 107 Å². The lowest BCUT2D eigenvalue weighted by molar-refractivity contribution is -0.117. The van der Waals surface area contributed by atoms with Crippen LogP contribution in [0.2, 0.25) is 0 Å². The molecule has 0 aliphatic carbocycles. The summed E-state index contributed by atoms with van der Waals surface area (Å²) in [5.74, 6) is -0.657. The van der Waals surface area contributed by atoms with Gasteiger partial charge in [0.2, 0.25) is 5.91 Å². The van der Waals surface area contributed by atoms with E-state index < -0.39 is 5.82 Å².